The van der Waals surface area contributed by atoms with Gasteiger partial charge in [0.1, 0.15) is 12.4 Å². The number of rotatable bonds is 4. The first-order valence-corrected chi connectivity index (χ1v) is 9.60. The molecule has 0 amide bonds. The number of ether oxygens (including phenoxy) is 1. The lowest BCUT2D eigenvalue weighted by Gasteiger charge is -2.56. The molecule has 1 heterocycles. The maximum Gasteiger partial charge on any atom is 0.138 e. The molecule has 1 saturated carbocycles. The van der Waals surface area contributed by atoms with Crippen LogP contribution < -0.4 is 10.1 Å². The van der Waals surface area contributed by atoms with Crippen LogP contribution in [0.25, 0.3) is 0 Å². The van der Waals surface area contributed by atoms with Gasteiger partial charge in [-0.3, -0.25) is 0 Å². The van der Waals surface area contributed by atoms with Crippen LogP contribution in [-0.2, 0) is 11.8 Å². The lowest BCUT2D eigenvalue weighted by Crippen LogP contribution is -2.59. The first-order chi connectivity index (χ1) is 11.2. The first kappa shape index (κ1) is 15.5. The zero-order valence-corrected chi connectivity index (χ0v) is 14.6. The fourth-order valence-corrected chi connectivity index (χ4v) is 5.27. The summed E-state index contributed by atoms with van der Waals surface area (Å²) in [7, 11) is 0. The zero-order chi connectivity index (χ0) is 15.9. The average molecular weight is 312 g/mol. The van der Waals surface area contributed by atoms with Gasteiger partial charge in [0.25, 0.3) is 0 Å². The molecular weight excluding hydrogens is 282 g/mol. The van der Waals surface area contributed by atoms with Crippen molar-refractivity contribution in [1.29, 1.82) is 0 Å². The van der Waals surface area contributed by atoms with E-state index in [4.69, 9.17) is 4.74 Å². The van der Waals surface area contributed by atoms with Gasteiger partial charge in [-0.25, -0.2) is 0 Å². The number of fused-ring (bicyclic) bond motifs is 1. The normalized spacial score (nSPS) is 33.5. The molecule has 0 aromatic heterocycles. The molecule has 3 aliphatic rings. The molecule has 4 rings (SSSR count). The molecule has 2 fully saturated rings. The molecular formula is C21H30NO. The van der Waals surface area contributed by atoms with E-state index in [1.54, 1.807) is 11.1 Å². The van der Waals surface area contributed by atoms with Crippen molar-refractivity contribution in [3.63, 3.8) is 0 Å². The standard InChI is InChI=1S/C21H30NO/c1-3-15(2)14-23-17-8-7-16-12-20-18-6-4-5-9-21(18,10-11-22-20)19(16)13-17/h7-8,13-15,18,20,22H,3-6,9-12H2,1-2H3/t15?,18-,20+,21+/m0/s1. The van der Waals surface area contributed by atoms with E-state index in [0.717, 1.165) is 18.1 Å². The molecule has 2 bridgehead atoms. The Labute approximate surface area is 141 Å². The average Bonchev–Trinajstić information content (AvgIpc) is 2.59. The third-order valence-electron chi connectivity index (χ3n) is 6.70. The minimum absolute atomic E-state index is 0.428. The van der Waals surface area contributed by atoms with Gasteiger partial charge in [0.05, 0.1) is 0 Å². The van der Waals surface area contributed by atoms with Crippen LogP contribution in [-0.4, -0.2) is 12.6 Å². The van der Waals surface area contributed by atoms with Crippen LogP contribution in [0.2, 0.25) is 0 Å². The minimum Gasteiger partial charge on any atom is -0.486 e. The fourth-order valence-electron chi connectivity index (χ4n) is 5.27. The minimum atomic E-state index is 0.428. The van der Waals surface area contributed by atoms with Crippen LogP contribution in [0, 0.1) is 18.4 Å². The van der Waals surface area contributed by atoms with E-state index in [2.05, 4.69) is 37.4 Å². The Bertz CT molecular complexity index is 565. The van der Waals surface area contributed by atoms with E-state index < -0.39 is 0 Å². The van der Waals surface area contributed by atoms with Crippen LogP contribution in [0.15, 0.2) is 18.2 Å². The highest BCUT2D eigenvalue weighted by molar-refractivity contribution is 5.45. The lowest BCUT2D eigenvalue weighted by atomic mass is 9.53. The second kappa shape index (κ2) is 6.12. The predicted octanol–water partition coefficient (Wildman–Crippen LogP) is 4.62. The van der Waals surface area contributed by atoms with Crippen molar-refractivity contribution in [2.24, 2.45) is 11.8 Å². The van der Waals surface area contributed by atoms with E-state index in [9.17, 15) is 0 Å². The topological polar surface area (TPSA) is 21.3 Å². The lowest BCUT2D eigenvalue weighted by molar-refractivity contribution is 0.0795. The molecule has 1 radical (unpaired) electrons. The van der Waals surface area contributed by atoms with Crippen molar-refractivity contribution in [1.82, 2.24) is 5.32 Å². The van der Waals surface area contributed by atoms with Crippen molar-refractivity contribution < 1.29 is 4.74 Å². The Morgan fingerprint density at radius 1 is 1.35 bits per heavy atom. The Morgan fingerprint density at radius 3 is 3.13 bits per heavy atom. The number of hydrogen-bond donors (Lipinski definition) is 1. The molecule has 1 aromatic rings. The quantitative estimate of drug-likeness (QED) is 0.876. The predicted molar refractivity (Wildman–Crippen MR) is 94.6 cm³/mol. The molecule has 23 heavy (non-hydrogen) atoms. The Kier molecular flexibility index (Phi) is 4.13. The monoisotopic (exact) mass is 312 g/mol. The highest BCUT2D eigenvalue weighted by Crippen LogP contribution is 2.54. The molecule has 1 saturated heterocycles. The van der Waals surface area contributed by atoms with Gasteiger partial charge in [0, 0.05) is 11.5 Å². The summed E-state index contributed by atoms with van der Waals surface area (Å²) in [5, 5.41) is 3.81. The number of benzene rings is 1. The summed E-state index contributed by atoms with van der Waals surface area (Å²) in [5.41, 5.74) is 3.61. The van der Waals surface area contributed by atoms with Crippen LogP contribution in [0.5, 0.6) is 5.75 Å². The second-order valence-corrected chi connectivity index (χ2v) is 7.98. The molecule has 0 spiro atoms. The highest BCUT2D eigenvalue weighted by atomic mass is 16.5. The number of hydrogen-bond acceptors (Lipinski definition) is 2. The van der Waals surface area contributed by atoms with Gasteiger partial charge in [0.2, 0.25) is 0 Å². The smallest absolute Gasteiger partial charge is 0.138 e. The Morgan fingerprint density at radius 2 is 2.26 bits per heavy atom. The van der Waals surface area contributed by atoms with Gasteiger partial charge in [-0.15, -0.1) is 0 Å². The van der Waals surface area contributed by atoms with Crippen LogP contribution in [0.4, 0.5) is 0 Å². The number of nitrogens with one attached hydrogen (secondary N) is 1. The van der Waals surface area contributed by atoms with Gasteiger partial charge in [-0.1, -0.05) is 32.8 Å². The third kappa shape index (κ3) is 2.59. The molecule has 125 valence electrons. The summed E-state index contributed by atoms with van der Waals surface area (Å²) in [6, 6.07) is 7.60. The van der Waals surface area contributed by atoms with Gasteiger partial charge in [0.15, 0.2) is 0 Å². The van der Waals surface area contributed by atoms with Crippen molar-refractivity contribution in [3.8, 4) is 5.75 Å². The van der Waals surface area contributed by atoms with Crippen LogP contribution in [0.1, 0.15) is 63.5 Å². The first-order valence-electron chi connectivity index (χ1n) is 9.60. The van der Waals surface area contributed by atoms with Gasteiger partial charge in [-0.05, 0) is 73.7 Å². The van der Waals surface area contributed by atoms with Crippen molar-refractivity contribution in [2.75, 3.05) is 6.54 Å². The number of piperidine rings is 1. The summed E-state index contributed by atoms with van der Waals surface area (Å²) in [6.07, 6.45) is 9.23. The summed E-state index contributed by atoms with van der Waals surface area (Å²) in [4.78, 5) is 0. The molecule has 1 aromatic carbocycles. The highest BCUT2D eigenvalue weighted by Gasteiger charge is 2.51. The summed E-state index contributed by atoms with van der Waals surface area (Å²) in [6.45, 7) is 7.61. The van der Waals surface area contributed by atoms with Gasteiger partial charge >= 0.3 is 0 Å². The fraction of sp³-hybridized carbons (Fsp3) is 0.667. The molecule has 2 aliphatic carbocycles. The summed E-state index contributed by atoms with van der Waals surface area (Å²) in [5.74, 6) is 2.39. The zero-order valence-electron chi connectivity index (χ0n) is 14.6. The molecule has 4 atom stereocenters. The van der Waals surface area contributed by atoms with E-state index in [1.807, 2.05) is 6.61 Å². The molecule has 1 aliphatic heterocycles. The SMILES string of the molecule is CCC(C)[CH]Oc1ccc2c(c1)[C@@]13CCCC[C@H]1[C@@H](C2)NCC3. The largest absolute Gasteiger partial charge is 0.486 e. The summed E-state index contributed by atoms with van der Waals surface area (Å²) >= 11 is 0. The summed E-state index contributed by atoms with van der Waals surface area (Å²) < 4.78 is 6.00. The van der Waals surface area contributed by atoms with Crippen molar-refractivity contribution >= 4 is 0 Å². The van der Waals surface area contributed by atoms with E-state index in [0.29, 0.717) is 17.4 Å². The van der Waals surface area contributed by atoms with Crippen LogP contribution >= 0.6 is 0 Å². The van der Waals surface area contributed by atoms with Crippen LogP contribution in [0.3, 0.4) is 0 Å². The Hall–Kier alpha value is -1.02. The van der Waals surface area contributed by atoms with E-state index >= 15 is 0 Å². The molecule has 2 nitrogen and oxygen atoms in total. The van der Waals surface area contributed by atoms with Crippen molar-refractivity contribution in [2.45, 2.75) is 70.3 Å². The molecule has 1 unspecified atom stereocenters. The Balaban J connectivity index is 1.66. The molecule has 2 heteroatoms. The van der Waals surface area contributed by atoms with Gasteiger partial charge < -0.3 is 10.1 Å². The van der Waals surface area contributed by atoms with Crippen molar-refractivity contribution in [3.05, 3.63) is 35.9 Å². The van der Waals surface area contributed by atoms with Gasteiger partial charge in [-0.2, -0.15) is 0 Å². The molecule has 1 N–H and O–H groups in total. The maximum atomic E-state index is 6.00. The maximum absolute atomic E-state index is 6.00. The third-order valence-corrected chi connectivity index (χ3v) is 6.70. The van der Waals surface area contributed by atoms with E-state index in [-0.39, 0.29) is 0 Å². The second-order valence-electron chi connectivity index (χ2n) is 7.98. The van der Waals surface area contributed by atoms with E-state index in [1.165, 1.54) is 45.1 Å².